The Labute approximate surface area is 71.3 Å². The first-order chi connectivity index (χ1) is 5.68. The molecular formula is C8H10BNO2. The van der Waals surface area contributed by atoms with Crippen molar-refractivity contribution in [1.29, 1.82) is 0 Å². The second kappa shape index (κ2) is 2.42. The van der Waals surface area contributed by atoms with E-state index in [-0.39, 0.29) is 5.82 Å². The zero-order valence-electron chi connectivity index (χ0n) is 6.82. The van der Waals surface area contributed by atoms with Crippen molar-refractivity contribution in [2.45, 2.75) is 12.7 Å². The van der Waals surface area contributed by atoms with E-state index >= 15 is 0 Å². The fourth-order valence-corrected chi connectivity index (χ4v) is 1.41. The summed E-state index contributed by atoms with van der Waals surface area (Å²) in [6, 6.07) is 5.45. The van der Waals surface area contributed by atoms with E-state index in [4.69, 9.17) is 10.4 Å². The molecule has 3 nitrogen and oxygen atoms in total. The van der Waals surface area contributed by atoms with Gasteiger partial charge in [-0.05, 0) is 11.6 Å². The first-order valence-corrected chi connectivity index (χ1v) is 3.92. The summed E-state index contributed by atoms with van der Waals surface area (Å²) < 4.78 is 5.18. The lowest BCUT2D eigenvalue weighted by atomic mass is 9.72. The summed E-state index contributed by atoms with van der Waals surface area (Å²) in [6.07, 6.45) is 0. The quantitative estimate of drug-likeness (QED) is 0.439. The summed E-state index contributed by atoms with van der Waals surface area (Å²) in [6.45, 7) is 1.92. The molecule has 1 unspecified atom stereocenters. The number of hydrogen-bond donors (Lipinski definition) is 2. The van der Waals surface area contributed by atoms with Crippen LogP contribution in [0.1, 0.15) is 18.3 Å². The van der Waals surface area contributed by atoms with E-state index in [1.54, 1.807) is 6.07 Å². The highest BCUT2D eigenvalue weighted by atomic mass is 16.5. The van der Waals surface area contributed by atoms with E-state index in [0.29, 0.717) is 11.4 Å². The van der Waals surface area contributed by atoms with Gasteiger partial charge < -0.3 is 15.4 Å². The van der Waals surface area contributed by atoms with Crippen molar-refractivity contribution in [3.63, 3.8) is 0 Å². The second-order valence-electron chi connectivity index (χ2n) is 3.09. The minimum Gasteiger partial charge on any atom is -0.535 e. The second-order valence-corrected chi connectivity index (χ2v) is 3.09. The van der Waals surface area contributed by atoms with Crippen LogP contribution in [0.15, 0.2) is 18.2 Å². The Hall–Kier alpha value is -1.16. The Morgan fingerprint density at radius 3 is 3.08 bits per heavy atom. The van der Waals surface area contributed by atoms with Gasteiger partial charge >= 0.3 is 7.12 Å². The molecule has 0 aromatic heterocycles. The van der Waals surface area contributed by atoms with Gasteiger partial charge in [0.05, 0.1) is 0 Å². The van der Waals surface area contributed by atoms with Crippen molar-refractivity contribution in [2.75, 3.05) is 5.73 Å². The van der Waals surface area contributed by atoms with Crippen LogP contribution in [-0.2, 0) is 0 Å². The molecule has 0 saturated heterocycles. The minimum atomic E-state index is -0.721. The third-order valence-corrected chi connectivity index (χ3v) is 2.20. The van der Waals surface area contributed by atoms with E-state index in [0.717, 1.165) is 5.56 Å². The van der Waals surface area contributed by atoms with Gasteiger partial charge in [0.1, 0.15) is 5.75 Å². The first kappa shape index (κ1) is 7.49. The number of fused-ring (bicyclic) bond motifs is 1. The number of anilines is 1. The molecule has 1 atom stereocenters. The molecule has 0 radical (unpaired) electrons. The molecule has 1 aromatic carbocycles. The standard InChI is InChI=1S/C8H10BNO2/c1-5-7-3-2-6(10)4-8(7)12-9(5)11/h2-5,11H,10H2,1H3. The van der Waals surface area contributed by atoms with Gasteiger partial charge in [-0.2, -0.15) is 0 Å². The van der Waals surface area contributed by atoms with Crippen LogP contribution in [0.2, 0.25) is 0 Å². The van der Waals surface area contributed by atoms with Gasteiger partial charge in [0.15, 0.2) is 0 Å². The van der Waals surface area contributed by atoms with Gasteiger partial charge in [-0.3, -0.25) is 0 Å². The third-order valence-electron chi connectivity index (χ3n) is 2.20. The van der Waals surface area contributed by atoms with Crippen molar-refractivity contribution in [3.8, 4) is 5.75 Å². The maximum Gasteiger partial charge on any atom is 0.530 e. The Balaban J connectivity index is 2.47. The molecule has 0 saturated carbocycles. The number of benzene rings is 1. The molecule has 0 bridgehead atoms. The monoisotopic (exact) mass is 163 g/mol. The fraction of sp³-hybridized carbons (Fsp3) is 0.250. The smallest absolute Gasteiger partial charge is 0.530 e. The third kappa shape index (κ3) is 0.957. The highest BCUT2D eigenvalue weighted by Gasteiger charge is 2.35. The lowest BCUT2D eigenvalue weighted by Gasteiger charge is -2.00. The highest BCUT2D eigenvalue weighted by molar-refractivity contribution is 6.47. The molecule has 0 fully saturated rings. The molecule has 0 aliphatic carbocycles. The van der Waals surface area contributed by atoms with Crippen LogP contribution in [0, 0.1) is 0 Å². The maximum absolute atomic E-state index is 9.35. The van der Waals surface area contributed by atoms with Crippen LogP contribution in [0.3, 0.4) is 0 Å². The van der Waals surface area contributed by atoms with Gasteiger partial charge in [0.2, 0.25) is 0 Å². The number of hydrogen-bond acceptors (Lipinski definition) is 3. The van der Waals surface area contributed by atoms with E-state index in [1.807, 2.05) is 19.1 Å². The van der Waals surface area contributed by atoms with Crippen molar-refractivity contribution in [2.24, 2.45) is 0 Å². The predicted molar refractivity (Wildman–Crippen MR) is 47.9 cm³/mol. The predicted octanol–water partition coefficient (Wildman–Crippen LogP) is 0.784. The van der Waals surface area contributed by atoms with Gasteiger partial charge in [-0.15, -0.1) is 0 Å². The van der Waals surface area contributed by atoms with Crippen LogP contribution in [0.25, 0.3) is 0 Å². The van der Waals surface area contributed by atoms with Gasteiger partial charge in [-0.1, -0.05) is 13.0 Å². The van der Waals surface area contributed by atoms with Crippen molar-refractivity contribution >= 4 is 12.8 Å². The fourth-order valence-electron chi connectivity index (χ4n) is 1.41. The molecule has 12 heavy (non-hydrogen) atoms. The first-order valence-electron chi connectivity index (χ1n) is 3.92. The summed E-state index contributed by atoms with van der Waals surface area (Å²) in [4.78, 5) is 0. The number of nitrogen functional groups attached to an aromatic ring is 1. The van der Waals surface area contributed by atoms with E-state index in [2.05, 4.69) is 0 Å². The van der Waals surface area contributed by atoms with Crippen molar-refractivity contribution in [1.82, 2.24) is 0 Å². The molecule has 1 aliphatic heterocycles. The van der Waals surface area contributed by atoms with E-state index < -0.39 is 7.12 Å². The maximum atomic E-state index is 9.35. The lowest BCUT2D eigenvalue weighted by molar-refractivity contribution is 0.423. The SMILES string of the molecule is CC1B(O)Oc2cc(N)ccc21. The zero-order chi connectivity index (χ0) is 8.72. The Morgan fingerprint density at radius 2 is 2.33 bits per heavy atom. The topological polar surface area (TPSA) is 55.5 Å². The molecule has 62 valence electrons. The molecule has 2 rings (SSSR count). The molecule has 3 N–H and O–H groups in total. The van der Waals surface area contributed by atoms with Gasteiger partial charge in [0, 0.05) is 17.6 Å². The van der Waals surface area contributed by atoms with Crippen LogP contribution < -0.4 is 10.4 Å². The summed E-state index contributed by atoms with van der Waals surface area (Å²) >= 11 is 0. The molecule has 1 heterocycles. The van der Waals surface area contributed by atoms with Crippen LogP contribution in [-0.4, -0.2) is 12.1 Å². The van der Waals surface area contributed by atoms with Gasteiger partial charge in [-0.25, -0.2) is 0 Å². The van der Waals surface area contributed by atoms with Crippen molar-refractivity contribution < 1.29 is 9.68 Å². The Morgan fingerprint density at radius 1 is 1.58 bits per heavy atom. The Bertz CT molecular complexity index is 316. The summed E-state index contributed by atoms with van der Waals surface area (Å²) in [5.41, 5.74) is 7.25. The summed E-state index contributed by atoms with van der Waals surface area (Å²) in [5.74, 6) is 0.746. The number of rotatable bonds is 0. The molecule has 4 heteroatoms. The molecule has 1 aromatic rings. The highest BCUT2D eigenvalue weighted by Crippen LogP contribution is 2.36. The average Bonchev–Trinajstić information content (AvgIpc) is 2.28. The van der Waals surface area contributed by atoms with E-state index in [9.17, 15) is 5.02 Å². The lowest BCUT2D eigenvalue weighted by Crippen LogP contribution is -2.21. The Kier molecular flexibility index (Phi) is 1.51. The largest absolute Gasteiger partial charge is 0.535 e. The average molecular weight is 163 g/mol. The van der Waals surface area contributed by atoms with Crippen LogP contribution in [0.4, 0.5) is 5.69 Å². The molecule has 1 aliphatic rings. The molecule has 0 spiro atoms. The molecule has 0 amide bonds. The van der Waals surface area contributed by atoms with E-state index in [1.165, 1.54) is 0 Å². The summed E-state index contributed by atoms with van der Waals surface area (Å²) in [5, 5.41) is 9.35. The number of nitrogens with two attached hydrogens (primary N) is 1. The summed E-state index contributed by atoms with van der Waals surface area (Å²) in [7, 11) is -0.721. The zero-order valence-corrected chi connectivity index (χ0v) is 6.82. The minimum absolute atomic E-state index is 0.0422. The van der Waals surface area contributed by atoms with Crippen LogP contribution >= 0.6 is 0 Å². The molecular weight excluding hydrogens is 153 g/mol. The normalized spacial score (nSPS) is 20.5. The van der Waals surface area contributed by atoms with Crippen LogP contribution in [0.5, 0.6) is 5.75 Å². The van der Waals surface area contributed by atoms with Gasteiger partial charge in [0.25, 0.3) is 0 Å². The van der Waals surface area contributed by atoms with Crippen molar-refractivity contribution in [3.05, 3.63) is 23.8 Å².